The summed E-state index contributed by atoms with van der Waals surface area (Å²) in [5, 5.41) is 58.8. The van der Waals surface area contributed by atoms with Crippen LogP contribution in [0.1, 0.15) is 101 Å². The van der Waals surface area contributed by atoms with Gasteiger partial charge in [0, 0.05) is 47.5 Å². The van der Waals surface area contributed by atoms with Crippen LogP contribution in [0, 0.1) is 35.5 Å². The number of aliphatic hydroxyl groups excluding tert-OH is 4. The summed E-state index contributed by atoms with van der Waals surface area (Å²) in [5.41, 5.74) is 9.09. The molecule has 52 heavy (non-hydrogen) atoms. The zero-order valence-corrected chi connectivity index (χ0v) is 30.6. The molecule has 9 nitrogen and oxygen atoms in total. The molecule has 0 amide bonds. The standard InChI is InChI=1S/C43H59N3O6/c1-2-28-9-4-5-10-35(49)42-29(13-12-28)14-15-30(23-36(42)50)31-16-17-34(48)38(24-31)52-39(37(51)27-47)26-33(32-18-22-46-41(44)25-32)43(19-6-3-7-20-43)40-11-8-21-45-40/h8,11,14-18,21,24-25,28-30,33,35-37,39,42,45-51H,2-7,9-10,19-20,22-23,26-27,44H2,1H3/t28-,29+,30+,33+,35-,36+,37+,39+,42+/m0/s1. The van der Waals surface area contributed by atoms with Gasteiger partial charge in [0.1, 0.15) is 12.2 Å². The highest BCUT2D eigenvalue weighted by molar-refractivity contribution is 5.45. The van der Waals surface area contributed by atoms with E-state index in [-0.39, 0.29) is 34.7 Å². The van der Waals surface area contributed by atoms with Gasteiger partial charge in [0.15, 0.2) is 11.5 Å². The van der Waals surface area contributed by atoms with Gasteiger partial charge in [-0.3, -0.25) is 0 Å². The molecule has 3 aliphatic carbocycles. The number of nitrogens with two attached hydrogens (primary N) is 1. The van der Waals surface area contributed by atoms with Crippen molar-refractivity contribution in [1.82, 2.24) is 10.3 Å². The minimum absolute atomic E-state index is 0.0726. The van der Waals surface area contributed by atoms with Gasteiger partial charge in [0.05, 0.1) is 24.6 Å². The molecule has 282 valence electrons. The van der Waals surface area contributed by atoms with Crippen molar-refractivity contribution in [2.45, 2.75) is 120 Å². The van der Waals surface area contributed by atoms with Crippen LogP contribution in [0.2, 0.25) is 0 Å². The zero-order chi connectivity index (χ0) is 36.7. The molecule has 9 N–H and O–H groups in total. The summed E-state index contributed by atoms with van der Waals surface area (Å²) >= 11 is 0. The summed E-state index contributed by atoms with van der Waals surface area (Å²) < 4.78 is 6.57. The predicted molar refractivity (Wildman–Crippen MR) is 203 cm³/mol. The Morgan fingerprint density at radius 2 is 1.83 bits per heavy atom. The van der Waals surface area contributed by atoms with E-state index in [9.17, 15) is 25.5 Å². The van der Waals surface area contributed by atoms with Crippen molar-refractivity contribution in [3.8, 4) is 23.3 Å². The monoisotopic (exact) mass is 713 g/mol. The van der Waals surface area contributed by atoms with Crippen molar-refractivity contribution in [2.24, 2.45) is 29.4 Å². The average molecular weight is 714 g/mol. The molecule has 1 aromatic carbocycles. The van der Waals surface area contributed by atoms with Crippen molar-refractivity contribution in [1.29, 1.82) is 0 Å². The number of fused-ring (bicyclic) bond motifs is 1. The number of phenolic OH excluding ortho intramolecular Hbond substituents is 1. The van der Waals surface area contributed by atoms with E-state index in [0.717, 1.165) is 74.6 Å². The molecule has 0 spiro atoms. The molecular weight excluding hydrogens is 654 g/mol. The predicted octanol–water partition coefficient (Wildman–Crippen LogP) is 5.66. The van der Waals surface area contributed by atoms with Crippen LogP contribution < -0.4 is 15.8 Å². The van der Waals surface area contributed by atoms with Crippen LogP contribution in [0.15, 0.2) is 72.2 Å². The Kier molecular flexibility index (Phi) is 12.8. The molecule has 0 bridgehead atoms. The third-order valence-corrected chi connectivity index (χ3v) is 12.3. The van der Waals surface area contributed by atoms with E-state index in [0.29, 0.717) is 37.5 Å². The zero-order valence-electron chi connectivity index (χ0n) is 30.6. The number of aliphatic hydroxyl groups is 4. The fraction of sp³-hybridized carbons (Fsp3) is 0.581. The summed E-state index contributed by atoms with van der Waals surface area (Å²) in [5.74, 6) is 6.93. The van der Waals surface area contributed by atoms with Crippen molar-refractivity contribution < 1.29 is 30.3 Å². The Balaban J connectivity index is 1.31. The molecule has 1 aliphatic heterocycles. The lowest BCUT2D eigenvalue weighted by molar-refractivity contribution is -0.0173. The third-order valence-electron chi connectivity index (χ3n) is 12.3. The first-order valence-corrected chi connectivity index (χ1v) is 19.6. The topological polar surface area (TPSA) is 164 Å². The lowest BCUT2D eigenvalue weighted by Gasteiger charge is -2.46. The Morgan fingerprint density at radius 3 is 2.56 bits per heavy atom. The number of hydrogen-bond acceptors (Lipinski definition) is 8. The molecular formula is C43H59N3O6. The highest BCUT2D eigenvalue weighted by Gasteiger charge is 2.46. The highest BCUT2D eigenvalue weighted by Crippen LogP contribution is 2.50. The number of phenols is 1. The number of H-pyrrole nitrogens is 1. The molecule has 4 aliphatic rings. The number of aromatic amines is 1. The second kappa shape index (κ2) is 17.4. The largest absolute Gasteiger partial charge is 0.504 e. The van der Waals surface area contributed by atoms with Crippen LogP contribution in [0.25, 0.3) is 0 Å². The van der Waals surface area contributed by atoms with Crippen LogP contribution in [0.3, 0.4) is 0 Å². The first-order chi connectivity index (χ1) is 25.2. The average Bonchev–Trinajstić information content (AvgIpc) is 3.65. The van der Waals surface area contributed by atoms with E-state index < -0.39 is 36.9 Å². The number of allylic oxidation sites excluding steroid dienone is 4. The van der Waals surface area contributed by atoms with Gasteiger partial charge in [-0.25, -0.2) is 0 Å². The number of nitrogens with one attached hydrogen (secondary N) is 2. The van der Waals surface area contributed by atoms with Gasteiger partial charge >= 0.3 is 0 Å². The summed E-state index contributed by atoms with van der Waals surface area (Å²) in [6.07, 6.45) is 17.2. The van der Waals surface area contributed by atoms with Gasteiger partial charge in [-0.05, 0) is 92.3 Å². The van der Waals surface area contributed by atoms with E-state index in [1.54, 1.807) is 12.1 Å². The summed E-state index contributed by atoms with van der Waals surface area (Å²) in [6.45, 7) is 2.25. The molecule has 9 heteroatoms. The van der Waals surface area contributed by atoms with Crippen LogP contribution in [-0.4, -0.2) is 68.1 Å². The van der Waals surface area contributed by atoms with E-state index >= 15 is 0 Å². The number of aromatic hydroxyl groups is 1. The van der Waals surface area contributed by atoms with Gasteiger partial charge in [-0.15, -0.1) is 0 Å². The summed E-state index contributed by atoms with van der Waals surface area (Å²) in [4.78, 5) is 3.51. The second-order valence-corrected chi connectivity index (χ2v) is 15.6. The highest BCUT2D eigenvalue weighted by atomic mass is 16.5. The lowest BCUT2D eigenvalue weighted by Crippen LogP contribution is -2.45. The van der Waals surface area contributed by atoms with E-state index in [2.05, 4.69) is 47.3 Å². The maximum atomic E-state index is 11.6. The smallest absolute Gasteiger partial charge is 0.161 e. The molecule has 1 fully saturated rings. The van der Waals surface area contributed by atoms with Crippen LogP contribution in [0.4, 0.5) is 0 Å². The van der Waals surface area contributed by atoms with E-state index in [4.69, 9.17) is 10.5 Å². The SMILES string of the molecule is CC[C@@H]1C#C[C@@H]2C=C[C@@H](c3ccc(O)c(O[C@H](C[C@H](C4=CCNC(N)=C4)C4(c5ccc[nH]5)CCCCC4)[C@H](O)CO)c3)C[C@@H](O)[C@H]2[C@@H](O)CCCC1. The van der Waals surface area contributed by atoms with Crippen LogP contribution >= 0.6 is 0 Å². The fourth-order valence-electron chi connectivity index (χ4n) is 9.31. The molecule has 1 aromatic heterocycles. The van der Waals surface area contributed by atoms with Crippen molar-refractivity contribution in [3.05, 3.63) is 83.5 Å². The second-order valence-electron chi connectivity index (χ2n) is 15.6. The third kappa shape index (κ3) is 8.58. The molecule has 2 aromatic rings. The Morgan fingerprint density at radius 1 is 1.02 bits per heavy atom. The van der Waals surface area contributed by atoms with Crippen molar-refractivity contribution in [2.75, 3.05) is 13.2 Å². The van der Waals surface area contributed by atoms with Crippen LogP contribution in [-0.2, 0) is 5.41 Å². The number of aromatic nitrogens is 1. The number of rotatable bonds is 11. The molecule has 0 unspecified atom stereocenters. The number of benzene rings is 1. The van der Waals surface area contributed by atoms with E-state index in [1.165, 1.54) is 0 Å². The fourth-order valence-corrected chi connectivity index (χ4v) is 9.31. The maximum Gasteiger partial charge on any atom is 0.161 e. The normalized spacial score (nSPS) is 29.4. The Bertz CT molecular complexity index is 1620. The molecule has 9 atom stereocenters. The summed E-state index contributed by atoms with van der Waals surface area (Å²) in [6, 6.07) is 9.38. The maximum absolute atomic E-state index is 11.6. The first-order valence-electron chi connectivity index (χ1n) is 19.6. The lowest BCUT2D eigenvalue weighted by atomic mass is 9.60. The molecule has 0 radical (unpaired) electrons. The van der Waals surface area contributed by atoms with Crippen molar-refractivity contribution >= 4 is 0 Å². The Hall–Kier alpha value is -3.68. The minimum atomic E-state index is -1.21. The molecule has 0 saturated heterocycles. The quantitative estimate of drug-likeness (QED) is 0.109. The van der Waals surface area contributed by atoms with Gasteiger partial charge in [0.25, 0.3) is 0 Å². The van der Waals surface area contributed by atoms with Crippen molar-refractivity contribution in [3.63, 3.8) is 0 Å². The van der Waals surface area contributed by atoms with E-state index in [1.807, 2.05) is 30.5 Å². The van der Waals surface area contributed by atoms with Crippen LogP contribution in [0.5, 0.6) is 11.5 Å². The molecule has 2 heterocycles. The Labute approximate surface area is 309 Å². The van der Waals surface area contributed by atoms with Gasteiger partial charge in [0.2, 0.25) is 0 Å². The molecule has 1 saturated carbocycles. The summed E-state index contributed by atoms with van der Waals surface area (Å²) in [7, 11) is 0. The van der Waals surface area contributed by atoms with Gasteiger partial charge in [-0.1, -0.05) is 75.2 Å². The number of ether oxygens (including phenoxy) is 1. The van der Waals surface area contributed by atoms with Gasteiger partial charge < -0.3 is 46.3 Å². The number of dihydropyridines is 1. The molecule has 6 rings (SSSR count). The van der Waals surface area contributed by atoms with Gasteiger partial charge in [-0.2, -0.15) is 0 Å². The minimum Gasteiger partial charge on any atom is -0.504 e. The first kappa shape index (κ1) is 38.1. The number of hydrogen-bond donors (Lipinski definition) is 8.